The highest BCUT2D eigenvalue weighted by Gasteiger charge is 2.25. The fourth-order valence-corrected chi connectivity index (χ4v) is 2.77. The molecular weight excluding hydrogens is 288 g/mol. The van der Waals surface area contributed by atoms with E-state index in [9.17, 15) is 4.79 Å². The van der Waals surface area contributed by atoms with Crippen molar-refractivity contribution in [1.82, 2.24) is 20.2 Å². The van der Waals surface area contributed by atoms with Crippen LogP contribution in [-0.4, -0.2) is 40.4 Å². The van der Waals surface area contributed by atoms with Gasteiger partial charge in [-0.1, -0.05) is 44.2 Å². The van der Waals surface area contributed by atoms with E-state index in [0.717, 1.165) is 12.4 Å². The molecule has 5 nitrogen and oxygen atoms in total. The van der Waals surface area contributed by atoms with Gasteiger partial charge < -0.3 is 10.2 Å². The van der Waals surface area contributed by atoms with Crippen LogP contribution in [0.15, 0.2) is 42.7 Å². The molecule has 1 aliphatic heterocycles. The van der Waals surface area contributed by atoms with Gasteiger partial charge in [0.1, 0.15) is 5.82 Å². The highest BCUT2D eigenvalue weighted by Crippen LogP contribution is 2.18. The molecule has 3 rings (SSSR count). The minimum Gasteiger partial charge on any atom is -0.335 e. The number of nitrogens with one attached hydrogen (secondary N) is 1. The minimum atomic E-state index is 0.00253. The first-order valence-electron chi connectivity index (χ1n) is 8.04. The fraction of sp³-hybridized carbons (Fsp3) is 0.389. The van der Waals surface area contributed by atoms with Gasteiger partial charge in [0.25, 0.3) is 5.91 Å². The van der Waals surface area contributed by atoms with Crippen molar-refractivity contribution in [2.24, 2.45) is 0 Å². The van der Waals surface area contributed by atoms with Crippen LogP contribution in [0, 0.1) is 0 Å². The maximum atomic E-state index is 12.7. The van der Waals surface area contributed by atoms with Crippen LogP contribution in [0.2, 0.25) is 0 Å². The maximum absolute atomic E-state index is 12.7. The zero-order valence-corrected chi connectivity index (χ0v) is 13.6. The van der Waals surface area contributed by atoms with E-state index in [1.165, 1.54) is 5.56 Å². The predicted octanol–water partition coefficient (Wildman–Crippen LogP) is 2.39. The Balaban J connectivity index is 1.72. The normalized spacial score (nSPS) is 18.2. The Morgan fingerprint density at radius 2 is 1.91 bits per heavy atom. The lowest BCUT2D eigenvalue weighted by atomic mass is 10.0. The molecule has 1 aromatic heterocycles. The molecule has 0 unspecified atom stereocenters. The molecule has 0 spiro atoms. The molecule has 5 heteroatoms. The van der Waals surface area contributed by atoms with E-state index in [4.69, 9.17) is 0 Å². The average Bonchev–Trinajstić information content (AvgIpc) is 2.62. The number of amides is 1. The van der Waals surface area contributed by atoms with E-state index in [2.05, 4.69) is 27.4 Å². The first kappa shape index (κ1) is 15.6. The van der Waals surface area contributed by atoms with E-state index in [-0.39, 0.29) is 17.9 Å². The SMILES string of the molecule is CC(C)c1ncc(C(=O)N2CCN[C@@H](c3ccccc3)C2)cn1. The van der Waals surface area contributed by atoms with Gasteiger partial charge in [0.2, 0.25) is 0 Å². The third-order valence-electron chi connectivity index (χ3n) is 4.10. The largest absolute Gasteiger partial charge is 0.335 e. The second-order valence-electron chi connectivity index (χ2n) is 6.15. The fourth-order valence-electron chi connectivity index (χ4n) is 2.77. The Kier molecular flexibility index (Phi) is 4.67. The predicted molar refractivity (Wildman–Crippen MR) is 89.2 cm³/mol. The van der Waals surface area contributed by atoms with Crippen LogP contribution in [0.4, 0.5) is 0 Å². The smallest absolute Gasteiger partial charge is 0.257 e. The molecule has 0 radical (unpaired) electrons. The van der Waals surface area contributed by atoms with Crippen molar-refractivity contribution >= 4 is 5.91 Å². The van der Waals surface area contributed by atoms with Crippen molar-refractivity contribution in [2.45, 2.75) is 25.8 Å². The highest BCUT2D eigenvalue weighted by atomic mass is 16.2. The number of aromatic nitrogens is 2. The van der Waals surface area contributed by atoms with Crippen LogP contribution in [0.5, 0.6) is 0 Å². The summed E-state index contributed by atoms with van der Waals surface area (Å²) in [6, 6.07) is 10.4. The van der Waals surface area contributed by atoms with Crippen LogP contribution in [0.25, 0.3) is 0 Å². The van der Waals surface area contributed by atoms with Gasteiger partial charge in [0, 0.05) is 44.0 Å². The summed E-state index contributed by atoms with van der Waals surface area (Å²) < 4.78 is 0. The third kappa shape index (κ3) is 3.56. The van der Waals surface area contributed by atoms with Crippen LogP contribution < -0.4 is 5.32 Å². The highest BCUT2D eigenvalue weighted by molar-refractivity contribution is 5.93. The van der Waals surface area contributed by atoms with Gasteiger partial charge in [0.05, 0.1) is 5.56 Å². The van der Waals surface area contributed by atoms with E-state index >= 15 is 0 Å². The molecule has 23 heavy (non-hydrogen) atoms. The standard InChI is InChI=1S/C18H22N4O/c1-13(2)17-20-10-15(11-21-17)18(23)22-9-8-19-16(12-22)14-6-4-3-5-7-14/h3-7,10-11,13,16,19H,8-9,12H2,1-2H3/t16-/m1/s1. The molecule has 1 saturated heterocycles. The van der Waals surface area contributed by atoms with E-state index < -0.39 is 0 Å². The first-order chi connectivity index (χ1) is 11.1. The third-order valence-corrected chi connectivity index (χ3v) is 4.10. The van der Waals surface area contributed by atoms with Gasteiger partial charge in [-0.2, -0.15) is 0 Å². The minimum absolute atomic E-state index is 0.00253. The quantitative estimate of drug-likeness (QED) is 0.945. The summed E-state index contributed by atoms with van der Waals surface area (Å²) in [6.07, 6.45) is 3.29. The summed E-state index contributed by atoms with van der Waals surface area (Å²) in [5.74, 6) is 1.03. The summed E-state index contributed by atoms with van der Waals surface area (Å²) in [4.78, 5) is 23.1. The van der Waals surface area contributed by atoms with Crippen molar-refractivity contribution < 1.29 is 4.79 Å². The Bertz CT molecular complexity index is 654. The molecule has 1 aliphatic rings. The molecule has 1 atom stereocenters. The number of piperazine rings is 1. The number of hydrogen-bond donors (Lipinski definition) is 1. The summed E-state index contributed by atoms with van der Waals surface area (Å²) in [7, 11) is 0. The van der Waals surface area contributed by atoms with Crippen LogP contribution >= 0.6 is 0 Å². The molecule has 0 bridgehead atoms. The zero-order chi connectivity index (χ0) is 16.2. The van der Waals surface area contributed by atoms with Crippen molar-refractivity contribution in [3.63, 3.8) is 0 Å². The van der Waals surface area contributed by atoms with Gasteiger partial charge in [-0.05, 0) is 5.56 Å². The molecular formula is C18H22N4O. The van der Waals surface area contributed by atoms with Crippen molar-refractivity contribution in [3.8, 4) is 0 Å². The number of carbonyl (C=O) groups is 1. The van der Waals surface area contributed by atoms with Gasteiger partial charge in [0.15, 0.2) is 0 Å². The molecule has 0 saturated carbocycles. The van der Waals surface area contributed by atoms with E-state index in [1.807, 2.05) is 36.9 Å². The second kappa shape index (κ2) is 6.87. The average molecular weight is 310 g/mol. The molecule has 1 fully saturated rings. The van der Waals surface area contributed by atoms with Gasteiger partial charge in [-0.15, -0.1) is 0 Å². The molecule has 1 aromatic carbocycles. The lowest BCUT2D eigenvalue weighted by Crippen LogP contribution is -2.48. The number of benzene rings is 1. The number of hydrogen-bond acceptors (Lipinski definition) is 4. The maximum Gasteiger partial charge on any atom is 0.257 e. The van der Waals surface area contributed by atoms with Crippen LogP contribution in [-0.2, 0) is 0 Å². The number of nitrogens with zero attached hydrogens (tertiary/aromatic N) is 3. The Morgan fingerprint density at radius 1 is 1.22 bits per heavy atom. The van der Waals surface area contributed by atoms with Crippen LogP contribution in [0.3, 0.4) is 0 Å². The van der Waals surface area contributed by atoms with Gasteiger partial charge in [-0.3, -0.25) is 4.79 Å². The monoisotopic (exact) mass is 310 g/mol. The van der Waals surface area contributed by atoms with E-state index in [0.29, 0.717) is 18.7 Å². The topological polar surface area (TPSA) is 58.1 Å². The van der Waals surface area contributed by atoms with Gasteiger partial charge >= 0.3 is 0 Å². The number of carbonyl (C=O) groups excluding carboxylic acids is 1. The molecule has 0 aliphatic carbocycles. The Morgan fingerprint density at radius 3 is 2.57 bits per heavy atom. The van der Waals surface area contributed by atoms with E-state index in [1.54, 1.807) is 12.4 Å². The lowest BCUT2D eigenvalue weighted by molar-refractivity contribution is 0.0702. The molecule has 2 aromatic rings. The summed E-state index contributed by atoms with van der Waals surface area (Å²) in [5, 5.41) is 3.47. The zero-order valence-electron chi connectivity index (χ0n) is 13.6. The summed E-state index contributed by atoms with van der Waals surface area (Å²) >= 11 is 0. The number of rotatable bonds is 3. The van der Waals surface area contributed by atoms with Crippen molar-refractivity contribution in [2.75, 3.05) is 19.6 Å². The van der Waals surface area contributed by atoms with Gasteiger partial charge in [-0.25, -0.2) is 9.97 Å². The Labute approximate surface area is 136 Å². The Hall–Kier alpha value is -2.27. The lowest BCUT2D eigenvalue weighted by Gasteiger charge is -2.34. The molecule has 1 N–H and O–H groups in total. The second-order valence-corrected chi connectivity index (χ2v) is 6.15. The summed E-state index contributed by atoms with van der Waals surface area (Å²) in [5.41, 5.74) is 1.76. The van der Waals surface area contributed by atoms with Crippen molar-refractivity contribution in [3.05, 3.63) is 59.7 Å². The molecule has 1 amide bonds. The van der Waals surface area contributed by atoms with Crippen molar-refractivity contribution in [1.29, 1.82) is 0 Å². The summed E-state index contributed by atoms with van der Waals surface area (Å²) in [6.45, 7) is 6.23. The van der Waals surface area contributed by atoms with Crippen LogP contribution in [0.1, 0.15) is 47.6 Å². The first-order valence-corrected chi connectivity index (χ1v) is 8.04. The molecule has 120 valence electrons. The molecule has 2 heterocycles.